The van der Waals surface area contributed by atoms with Crippen molar-refractivity contribution < 1.29 is 36.2 Å². The van der Waals surface area contributed by atoms with Crippen LogP contribution >= 0.6 is 0 Å². The molecule has 2 aliphatic rings. The van der Waals surface area contributed by atoms with Gasteiger partial charge >= 0.3 is 29.6 Å². The van der Waals surface area contributed by atoms with Crippen molar-refractivity contribution in [2.24, 2.45) is 26.2 Å². The molecule has 0 amide bonds. The summed E-state index contributed by atoms with van der Waals surface area (Å²) in [5, 5.41) is 20.6. The van der Waals surface area contributed by atoms with Crippen LogP contribution in [0, 0.1) is 0 Å². The largest absolute Gasteiger partial charge is 0.480 e. The summed E-state index contributed by atoms with van der Waals surface area (Å²) in [6.45, 7) is 0. The number of benzene rings is 1. The number of aliphatic carboxylic acids is 1. The smallest absolute Gasteiger partial charge is 0.442 e. The number of halogens is 6. The number of nitrogens with zero attached hydrogens (tertiary/aromatic N) is 4. The number of carboxylic acid groups (broad SMARTS) is 1. The summed E-state index contributed by atoms with van der Waals surface area (Å²) in [5.74, 6) is -1.46. The van der Waals surface area contributed by atoms with Crippen LogP contribution in [0.4, 0.5) is 26.3 Å². The summed E-state index contributed by atoms with van der Waals surface area (Å²) >= 11 is 0. The van der Waals surface area contributed by atoms with Crippen LogP contribution in [0.15, 0.2) is 38.7 Å². The Hall–Kier alpha value is -2.57. The van der Waals surface area contributed by atoms with Gasteiger partial charge in [0.25, 0.3) is 0 Å². The highest BCUT2D eigenvalue weighted by molar-refractivity contribution is 5.73. The Morgan fingerprint density at radius 1 is 0.962 bits per heavy atom. The molecule has 1 atom stereocenters. The number of alkyl halides is 6. The molecule has 1 aromatic rings. The molecule has 1 aromatic carbocycles. The molecule has 7 nitrogen and oxygen atoms in total. The first-order chi connectivity index (χ1) is 11.8. The van der Waals surface area contributed by atoms with Gasteiger partial charge in [0.1, 0.15) is 6.04 Å². The zero-order valence-electron chi connectivity index (χ0n) is 12.5. The SMILES string of the molecule is NC(Cc1cc(C2(C(F)(F)F)N=N2)cc(C2(C(F)(F)F)N=N2)c1)C(=O)O. The summed E-state index contributed by atoms with van der Waals surface area (Å²) < 4.78 is 79.2. The Balaban J connectivity index is 2.09. The highest BCUT2D eigenvalue weighted by Crippen LogP contribution is 2.56. The number of rotatable bonds is 5. The zero-order valence-corrected chi connectivity index (χ0v) is 12.5. The van der Waals surface area contributed by atoms with Crippen LogP contribution in [0.1, 0.15) is 16.7 Å². The first-order valence-electron chi connectivity index (χ1n) is 6.97. The van der Waals surface area contributed by atoms with Crippen molar-refractivity contribution in [3.63, 3.8) is 0 Å². The molecule has 26 heavy (non-hydrogen) atoms. The molecule has 2 heterocycles. The Kier molecular flexibility index (Phi) is 3.66. The number of carbonyl (C=O) groups is 1. The Labute approximate surface area is 140 Å². The molecule has 0 bridgehead atoms. The van der Waals surface area contributed by atoms with E-state index in [-0.39, 0.29) is 5.56 Å². The van der Waals surface area contributed by atoms with Crippen molar-refractivity contribution in [3.8, 4) is 0 Å². The highest BCUT2D eigenvalue weighted by atomic mass is 19.4. The van der Waals surface area contributed by atoms with Gasteiger partial charge in [0, 0.05) is 11.1 Å². The van der Waals surface area contributed by atoms with Crippen molar-refractivity contribution in [3.05, 3.63) is 34.9 Å². The van der Waals surface area contributed by atoms with Crippen LogP contribution in [-0.4, -0.2) is 29.5 Å². The van der Waals surface area contributed by atoms with E-state index in [1.54, 1.807) is 0 Å². The van der Waals surface area contributed by atoms with Crippen LogP contribution in [-0.2, 0) is 22.5 Å². The molecule has 140 valence electrons. The average molecular weight is 381 g/mol. The van der Waals surface area contributed by atoms with E-state index in [0.29, 0.717) is 6.07 Å². The molecule has 0 spiro atoms. The fraction of sp³-hybridized carbons (Fsp3) is 0.462. The minimum absolute atomic E-state index is 0.158. The van der Waals surface area contributed by atoms with E-state index in [9.17, 15) is 31.1 Å². The molecule has 2 aliphatic heterocycles. The van der Waals surface area contributed by atoms with E-state index in [1.807, 2.05) is 0 Å². The van der Waals surface area contributed by atoms with Crippen LogP contribution in [0.5, 0.6) is 0 Å². The van der Waals surface area contributed by atoms with Crippen LogP contribution in [0.3, 0.4) is 0 Å². The summed E-state index contributed by atoms with van der Waals surface area (Å²) in [4.78, 5) is 10.9. The quantitative estimate of drug-likeness (QED) is 0.765. The molecule has 3 rings (SSSR count). The van der Waals surface area contributed by atoms with E-state index in [4.69, 9.17) is 10.8 Å². The van der Waals surface area contributed by atoms with Crippen molar-refractivity contribution in [2.45, 2.75) is 36.1 Å². The molecule has 0 radical (unpaired) electrons. The normalized spacial score (nSPS) is 20.7. The van der Waals surface area contributed by atoms with Gasteiger partial charge in [-0.2, -0.15) is 26.3 Å². The third-order valence-electron chi connectivity index (χ3n) is 3.96. The van der Waals surface area contributed by atoms with Gasteiger partial charge in [-0.05, 0) is 18.1 Å². The lowest BCUT2D eigenvalue weighted by atomic mass is 9.91. The van der Waals surface area contributed by atoms with Crippen molar-refractivity contribution in [1.82, 2.24) is 0 Å². The molecule has 0 saturated heterocycles. The second-order valence-corrected chi connectivity index (χ2v) is 5.81. The Morgan fingerprint density at radius 2 is 1.35 bits per heavy atom. The minimum Gasteiger partial charge on any atom is -0.480 e. The summed E-state index contributed by atoms with van der Waals surface area (Å²) in [6, 6.07) is 0.859. The average Bonchev–Trinajstić information content (AvgIpc) is 3.35. The first kappa shape index (κ1) is 18.2. The number of hydrogen-bond acceptors (Lipinski definition) is 6. The standard InChI is InChI=1S/C13H9F6N5O2/c14-12(15,16)10(21-22-10)6-1-5(3-8(20)9(25)26)2-7(4-6)11(23-24-11)13(17,18)19/h1-2,4,8H,3,20H2,(H,25,26). The minimum atomic E-state index is -4.97. The first-order valence-corrected chi connectivity index (χ1v) is 6.97. The van der Waals surface area contributed by atoms with Crippen LogP contribution in [0.2, 0.25) is 0 Å². The van der Waals surface area contributed by atoms with Gasteiger partial charge in [-0.3, -0.25) is 4.79 Å². The molecule has 0 saturated carbocycles. The number of hydrogen-bond donors (Lipinski definition) is 2. The lowest BCUT2D eigenvalue weighted by Gasteiger charge is -2.20. The van der Waals surface area contributed by atoms with E-state index in [2.05, 4.69) is 20.5 Å². The Bertz CT molecular complexity index is 765. The fourth-order valence-electron chi connectivity index (χ4n) is 2.44. The van der Waals surface area contributed by atoms with Gasteiger partial charge in [0.05, 0.1) is 0 Å². The molecular weight excluding hydrogens is 372 g/mol. The second-order valence-electron chi connectivity index (χ2n) is 5.81. The van der Waals surface area contributed by atoms with Gasteiger partial charge in [0.15, 0.2) is 0 Å². The van der Waals surface area contributed by atoms with Gasteiger partial charge < -0.3 is 10.8 Å². The zero-order chi connectivity index (χ0) is 19.5. The van der Waals surface area contributed by atoms with E-state index in [1.165, 1.54) is 0 Å². The van der Waals surface area contributed by atoms with Crippen LogP contribution < -0.4 is 5.73 Å². The maximum Gasteiger partial charge on any atom is 0.442 e. The highest BCUT2D eigenvalue weighted by Gasteiger charge is 2.68. The molecule has 0 fully saturated rings. The third-order valence-corrected chi connectivity index (χ3v) is 3.96. The van der Waals surface area contributed by atoms with Gasteiger partial charge in [0.2, 0.25) is 0 Å². The van der Waals surface area contributed by atoms with Crippen molar-refractivity contribution in [2.75, 3.05) is 0 Å². The summed E-state index contributed by atoms with van der Waals surface area (Å²) in [5.41, 5.74) is -2.15. The number of carboxylic acids is 1. The van der Waals surface area contributed by atoms with Gasteiger partial charge in [-0.15, -0.1) is 20.5 Å². The summed E-state index contributed by atoms with van der Waals surface area (Å²) in [7, 11) is 0. The maximum absolute atomic E-state index is 13.2. The van der Waals surface area contributed by atoms with E-state index < -0.39 is 53.2 Å². The van der Waals surface area contributed by atoms with Gasteiger partial charge in [-0.1, -0.05) is 12.1 Å². The molecule has 0 aromatic heterocycles. The molecule has 0 aliphatic carbocycles. The molecule has 13 heteroatoms. The topological polar surface area (TPSA) is 113 Å². The predicted octanol–water partition coefficient (Wildman–Crippen LogP) is 3.00. The van der Waals surface area contributed by atoms with Crippen molar-refractivity contribution >= 4 is 5.97 Å². The Morgan fingerprint density at radius 3 is 1.62 bits per heavy atom. The maximum atomic E-state index is 13.2. The third kappa shape index (κ3) is 2.71. The molecule has 3 N–H and O–H groups in total. The fourth-order valence-corrected chi connectivity index (χ4v) is 2.44. The van der Waals surface area contributed by atoms with Crippen LogP contribution in [0.25, 0.3) is 0 Å². The van der Waals surface area contributed by atoms with E-state index >= 15 is 0 Å². The predicted molar refractivity (Wildman–Crippen MR) is 70.9 cm³/mol. The lowest BCUT2D eigenvalue weighted by Crippen LogP contribution is -2.35. The summed E-state index contributed by atoms with van der Waals surface area (Å²) in [6.07, 6.45) is -10.4. The molecular formula is C13H9F6N5O2. The lowest BCUT2D eigenvalue weighted by molar-refractivity contribution is -0.167. The van der Waals surface area contributed by atoms with E-state index in [0.717, 1.165) is 12.1 Å². The second kappa shape index (κ2) is 5.22. The number of nitrogens with two attached hydrogens (primary N) is 1. The van der Waals surface area contributed by atoms with Gasteiger partial charge in [-0.25, -0.2) is 0 Å². The monoisotopic (exact) mass is 381 g/mol. The molecule has 1 unspecified atom stereocenters. The van der Waals surface area contributed by atoms with Crippen molar-refractivity contribution in [1.29, 1.82) is 0 Å².